The number of ether oxygens (including phenoxy) is 2. The second-order valence-electron chi connectivity index (χ2n) is 14.7. The number of methoxy groups -OCH3 is 2. The van der Waals surface area contributed by atoms with Crippen LogP contribution in [-0.4, -0.2) is 58.3 Å². The van der Waals surface area contributed by atoms with E-state index in [0.717, 1.165) is 89.6 Å². The quantitative estimate of drug-likeness (QED) is 0.0681. The fourth-order valence-corrected chi connectivity index (χ4v) is 6.49. The fraction of sp³-hybridized carbons (Fsp3) is 0.562. The highest BCUT2D eigenvalue weighted by molar-refractivity contribution is 5.79. The van der Waals surface area contributed by atoms with Crippen LogP contribution in [0.2, 0.25) is 0 Å². The highest BCUT2D eigenvalue weighted by Gasteiger charge is 2.17. The van der Waals surface area contributed by atoms with Gasteiger partial charge in [0.25, 0.3) is 0 Å². The van der Waals surface area contributed by atoms with Crippen LogP contribution in [0.1, 0.15) is 141 Å². The lowest BCUT2D eigenvalue weighted by atomic mass is 10.0. The molecule has 0 saturated carbocycles. The smallest absolute Gasteiger partial charge is 0.128 e. The number of benzene rings is 2. The van der Waals surface area contributed by atoms with Gasteiger partial charge in [0, 0.05) is 60.9 Å². The summed E-state index contributed by atoms with van der Waals surface area (Å²) in [6.45, 7) is 6.35. The van der Waals surface area contributed by atoms with Gasteiger partial charge in [0.15, 0.2) is 0 Å². The lowest BCUT2D eigenvalue weighted by Crippen LogP contribution is -2.28. The maximum absolute atomic E-state index is 5.90. The van der Waals surface area contributed by atoms with Gasteiger partial charge in [0.05, 0.1) is 25.6 Å². The van der Waals surface area contributed by atoms with Gasteiger partial charge in [0.1, 0.15) is 11.5 Å². The Morgan fingerprint density at radius 2 is 0.943 bits per heavy atom. The molecule has 0 atom stereocenters. The number of likely N-dealkylation sites (N-methyl/N-ethyl adjacent to an activating group) is 2. The van der Waals surface area contributed by atoms with Crippen LogP contribution in [-0.2, 0) is 0 Å². The molecule has 0 fully saturated rings. The van der Waals surface area contributed by atoms with Crippen LogP contribution in [0.3, 0.4) is 0 Å². The maximum atomic E-state index is 5.90. The van der Waals surface area contributed by atoms with Gasteiger partial charge in [-0.25, -0.2) is 4.98 Å². The predicted octanol–water partition coefficient (Wildman–Crippen LogP) is 12.2. The first-order valence-electron chi connectivity index (χ1n) is 20.6. The van der Waals surface area contributed by atoms with Gasteiger partial charge in [-0.15, -0.1) is 0 Å². The van der Waals surface area contributed by atoms with Gasteiger partial charge in [0.2, 0.25) is 0 Å². The highest BCUT2D eigenvalue weighted by atomic mass is 16.5. The summed E-state index contributed by atoms with van der Waals surface area (Å²) in [5, 5.41) is 0. The van der Waals surface area contributed by atoms with Crippen LogP contribution in [0.5, 0.6) is 11.5 Å². The molecule has 1 aromatic heterocycles. The number of anilines is 1. The Morgan fingerprint density at radius 3 is 1.34 bits per heavy atom. The SMILES string of the molecule is CCCCCCCCCCC#Cc1ccc(OC)c(-c2cc(N(C)CCN(C)C)cc(-c3cc(C#CCCCCCCCCCC)ccc3OC)n2)c1. The summed E-state index contributed by atoms with van der Waals surface area (Å²) in [5.74, 6) is 15.3. The Labute approximate surface area is 324 Å². The molecule has 0 aliphatic rings. The van der Waals surface area contributed by atoms with Crippen LogP contribution in [0.15, 0.2) is 48.5 Å². The first-order chi connectivity index (χ1) is 25.9. The highest BCUT2D eigenvalue weighted by Crippen LogP contribution is 2.37. The Kier molecular flexibility index (Phi) is 21.3. The second-order valence-corrected chi connectivity index (χ2v) is 14.7. The van der Waals surface area contributed by atoms with E-state index in [1.54, 1.807) is 14.2 Å². The van der Waals surface area contributed by atoms with Gasteiger partial charge >= 0.3 is 0 Å². The first-order valence-corrected chi connectivity index (χ1v) is 20.6. The van der Waals surface area contributed by atoms with Gasteiger partial charge in [-0.3, -0.25) is 0 Å². The Morgan fingerprint density at radius 1 is 0.528 bits per heavy atom. The number of hydrogen-bond acceptors (Lipinski definition) is 5. The van der Waals surface area contributed by atoms with E-state index in [2.05, 4.69) is 105 Å². The van der Waals surface area contributed by atoms with Crippen molar-refractivity contribution in [3.05, 3.63) is 59.7 Å². The summed E-state index contributed by atoms with van der Waals surface area (Å²) >= 11 is 0. The van der Waals surface area contributed by atoms with Crippen LogP contribution in [0.4, 0.5) is 5.69 Å². The van der Waals surface area contributed by atoms with Crippen LogP contribution >= 0.6 is 0 Å². The molecule has 53 heavy (non-hydrogen) atoms. The van der Waals surface area contributed by atoms with Gasteiger partial charge < -0.3 is 19.3 Å². The Bertz CT molecular complexity index is 1500. The van der Waals surface area contributed by atoms with Crippen molar-refractivity contribution >= 4 is 5.69 Å². The third kappa shape index (κ3) is 16.3. The Balaban J connectivity index is 1.87. The summed E-state index contributed by atoms with van der Waals surface area (Å²) in [4.78, 5) is 9.76. The summed E-state index contributed by atoms with van der Waals surface area (Å²) in [6.07, 6.45) is 22.8. The van der Waals surface area contributed by atoms with Crippen LogP contribution in [0, 0.1) is 23.7 Å². The van der Waals surface area contributed by atoms with E-state index < -0.39 is 0 Å². The molecule has 5 heteroatoms. The van der Waals surface area contributed by atoms with Gasteiger partial charge in [-0.2, -0.15) is 0 Å². The zero-order chi connectivity index (χ0) is 38.1. The third-order valence-corrected chi connectivity index (χ3v) is 9.86. The summed E-state index contributed by atoms with van der Waals surface area (Å²) in [6, 6.07) is 16.7. The molecular formula is C48H69N3O2. The van der Waals surface area contributed by atoms with Crippen molar-refractivity contribution < 1.29 is 9.47 Å². The molecule has 0 unspecified atom stereocenters. The van der Waals surface area contributed by atoms with Crippen molar-refractivity contribution in [1.29, 1.82) is 0 Å². The number of hydrogen-bond donors (Lipinski definition) is 0. The molecule has 0 radical (unpaired) electrons. The van der Waals surface area contributed by atoms with E-state index in [-0.39, 0.29) is 0 Å². The number of nitrogens with zero attached hydrogens (tertiary/aromatic N) is 3. The van der Waals surface area contributed by atoms with Crippen molar-refractivity contribution in [2.24, 2.45) is 0 Å². The molecule has 0 aliphatic heterocycles. The van der Waals surface area contributed by atoms with E-state index in [1.165, 1.54) is 89.9 Å². The van der Waals surface area contributed by atoms with Crippen molar-refractivity contribution in [2.45, 2.75) is 129 Å². The number of unbranched alkanes of at least 4 members (excludes halogenated alkanes) is 16. The van der Waals surface area contributed by atoms with Crippen molar-refractivity contribution in [3.8, 4) is 57.7 Å². The van der Waals surface area contributed by atoms with Gasteiger partial charge in [-0.05, 0) is 75.5 Å². The minimum Gasteiger partial charge on any atom is -0.496 e. The third-order valence-electron chi connectivity index (χ3n) is 9.86. The van der Waals surface area contributed by atoms with E-state index in [4.69, 9.17) is 14.5 Å². The van der Waals surface area contributed by atoms with Crippen molar-refractivity contribution in [3.63, 3.8) is 0 Å². The summed E-state index contributed by atoms with van der Waals surface area (Å²) in [7, 11) is 9.80. The summed E-state index contributed by atoms with van der Waals surface area (Å²) in [5.41, 5.74) is 6.56. The fourth-order valence-electron chi connectivity index (χ4n) is 6.49. The molecule has 1 heterocycles. The zero-order valence-electron chi connectivity index (χ0n) is 34.4. The minimum absolute atomic E-state index is 0.776. The molecule has 0 amide bonds. The number of aromatic nitrogens is 1. The number of rotatable bonds is 24. The summed E-state index contributed by atoms with van der Waals surface area (Å²) < 4.78 is 11.8. The lowest BCUT2D eigenvalue weighted by molar-refractivity contribution is 0.416. The second kappa shape index (κ2) is 25.9. The predicted molar refractivity (Wildman–Crippen MR) is 228 cm³/mol. The first kappa shape index (κ1) is 43.5. The van der Waals surface area contributed by atoms with E-state index >= 15 is 0 Å². The van der Waals surface area contributed by atoms with E-state index in [9.17, 15) is 0 Å². The average molecular weight is 720 g/mol. The molecule has 0 spiro atoms. The molecule has 0 bridgehead atoms. The minimum atomic E-state index is 0.776. The molecule has 3 aromatic rings. The molecule has 288 valence electrons. The van der Waals surface area contributed by atoms with E-state index in [0.29, 0.717) is 0 Å². The molecule has 3 rings (SSSR count). The van der Waals surface area contributed by atoms with Crippen molar-refractivity contribution in [2.75, 3.05) is 53.4 Å². The standard InChI is InChI=1S/C48H69N3O2/c1-8-10-12-14-16-18-20-22-24-26-28-40-30-32-47(52-6)43(36-40)45-38-42(51(5)35-34-50(3)4)39-46(49-45)44-37-41(31-33-48(44)53-7)29-27-25-23-21-19-17-15-13-11-9-2/h30-33,36-39H,8-25,34-35H2,1-7H3. The molecule has 0 aliphatic carbocycles. The molecular weight excluding hydrogens is 651 g/mol. The normalized spacial score (nSPS) is 10.8. The molecule has 5 nitrogen and oxygen atoms in total. The van der Waals surface area contributed by atoms with Crippen molar-refractivity contribution in [1.82, 2.24) is 9.88 Å². The topological polar surface area (TPSA) is 37.8 Å². The monoisotopic (exact) mass is 720 g/mol. The Hall–Kier alpha value is -3.93. The molecule has 0 N–H and O–H groups in total. The van der Waals surface area contributed by atoms with Crippen LogP contribution < -0.4 is 14.4 Å². The largest absolute Gasteiger partial charge is 0.496 e. The van der Waals surface area contributed by atoms with Gasteiger partial charge in [-0.1, -0.05) is 127 Å². The average Bonchev–Trinajstić information content (AvgIpc) is 3.18. The number of pyridine rings is 1. The van der Waals surface area contributed by atoms with Crippen LogP contribution in [0.25, 0.3) is 22.5 Å². The molecule has 0 saturated heterocycles. The lowest BCUT2D eigenvalue weighted by Gasteiger charge is -2.23. The zero-order valence-corrected chi connectivity index (χ0v) is 34.4. The maximum Gasteiger partial charge on any atom is 0.128 e. The molecule has 2 aromatic carbocycles. The van der Waals surface area contributed by atoms with E-state index in [1.807, 2.05) is 12.1 Å².